The van der Waals surface area contributed by atoms with E-state index >= 15 is 0 Å². The summed E-state index contributed by atoms with van der Waals surface area (Å²) in [7, 11) is 0. The Morgan fingerprint density at radius 3 is 2.47 bits per heavy atom. The molecule has 2 fully saturated rings. The van der Waals surface area contributed by atoms with Gasteiger partial charge in [-0.25, -0.2) is 4.79 Å². The molecule has 0 amide bonds. The number of ether oxygens (including phenoxy) is 3. The Bertz CT molecular complexity index is 720. The summed E-state index contributed by atoms with van der Waals surface area (Å²) in [4.78, 5) is 12.3. The Labute approximate surface area is 174 Å². The van der Waals surface area contributed by atoms with E-state index in [1.165, 1.54) is 18.2 Å². The lowest BCUT2D eigenvalue weighted by Gasteiger charge is -2.43. The predicted octanol–water partition coefficient (Wildman–Crippen LogP) is 0.0763. The molecule has 2 aliphatic rings. The second-order valence-electron chi connectivity index (χ2n) is 7.56. The van der Waals surface area contributed by atoms with Crippen LogP contribution in [0.3, 0.4) is 0 Å². The largest absolute Gasteiger partial charge is 0.508 e. The molecule has 3 rings (SSSR count). The number of hydrogen-bond donors (Lipinski definition) is 5. The smallest absolute Gasteiger partial charge is 0.331 e. The number of benzene rings is 1. The molecule has 0 spiro atoms. The van der Waals surface area contributed by atoms with Crippen LogP contribution in [0.25, 0.3) is 6.08 Å². The molecule has 1 heterocycles. The van der Waals surface area contributed by atoms with Crippen LogP contribution in [0.4, 0.5) is 0 Å². The van der Waals surface area contributed by atoms with Crippen LogP contribution < -0.4 is 0 Å². The van der Waals surface area contributed by atoms with E-state index < -0.39 is 55.5 Å². The summed E-state index contributed by atoms with van der Waals surface area (Å²) >= 11 is 0. The van der Waals surface area contributed by atoms with Gasteiger partial charge < -0.3 is 39.7 Å². The molecular weight excluding hydrogens is 396 g/mol. The molecule has 7 atom stereocenters. The van der Waals surface area contributed by atoms with E-state index in [1.54, 1.807) is 12.1 Å². The maximum Gasteiger partial charge on any atom is 0.331 e. The van der Waals surface area contributed by atoms with E-state index in [0.29, 0.717) is 18.4 Å². The molecular formula is C21H28O9. The van der Waals surface area contributed by atoms with E-state index in [0.717, 1.165) is 18.9 Å². The van der Waals surface area contributed by atoms with Gasteiger partial charge in [0, 0.05) is 6.08 Å². The molecule has 0 radical (unpaired) electrons. The van der Waals surface area contributed by atoms with Gasteiger partial charge in [-0.2, -0.15) is 0 Å². The topological polar surface area (TPSA) is 146 Å². The number of aromatic hydroxyl groups is 1. The molecule has 1 saturated carbocycles. The number of rotatable bonds is 6. The number of hydrogen-bond acceptors (Lipinski definition) is 9. The van der Waals surface area contributed by atoms with Crippen LogP contribution in [0.2, 0.25) is 0 Å². The van der Waals surface area contributed by atoms with Crippen molar-refractivity contribution < 1.29 is 44.5 Å². The first-order chi connectivity index (χ1) is 14.4. The average Bonchev–Trinajstić information content (AvgIpc) is 2.74. The molecule has 0 unspecified atom stereocenters. The third-order valence-electron chi connectivity index (χ3n) is 5.36. The minimum atomic E-state index is -1.55. The summed E-state index contributed by atoms with van der Waals surface area (Å²) in [5, 5.41) is 49.5. The molecule has 1 aromatic carbocycles. The fourth-order valence-electron chi connectivity index (χ4n) is 3.62. The molecule has 1 aromatic rings. The highest BCUT2D eigenvalue weighted by Gasteiger charge is 2.48. The summed E-state index contributed by atoms with van der Waals surface area (Å²) < 4.78 is 16.6. The van der Waals surface area contributed by atoms with Crippen molar-refractivity contribution in [3.05, 3.63) is 35.9 Å². The molecule has 166 valence electrons. The number of phenolic OH excluding ortho intramolecular Hbond substituents is 1. The second kappa shape index (κ2) is 10.3. The van der Waals surface area contributed by atoms with Crippen molar-refractivity contribution in [2.75, 3.05) is 6.61 Å². The van der Waals surface area contributed by atoms with Gasteiger partial charge in [-0.05, 0) is 36.6 Å². The third-order valence-corrected chi connectivity index (χ3v) is 5.36. The van der Waals surface area contributed by atoms with Crippen molar-refractivity contribution >= 4 is 12.0 Å². The van der Waals surface area contributed by atoms with Crippen LogP contribution in [0.5, 0.6) is 5.75 Å². The van der Waals surface area contributed by atoms with Crippen molar-refractivity contribution in [2.45, 2.75) is 68.6 Å². The lowest BCUT2D eigenvalue weighted by atomic mass is 9.94. The van der Waals surface area contributed by atoms with Gasteiger partial charge in [-0.3, -0.25) is 0 Å². The van der Waals surface area contributed by atoms with Gasteiger partial charge in [-0.1, -0.05) is 25.0 Å². The first-order valence-corrected chi connectivity index (χ1v) is 10.0. The van der Waals surface area contributed by atoms with Crippen molar-refractivity contribution in [1.29, 1.82) is 0 Å². The monoisotopic (exact) mass is 424 g/mol. The maximum absolute atomic E-state index is 12.3. The quantitative estimate of drug-likeness (QED) is 0.316. The van der Waals surface area contributed by atoms with Gasteiger partial charge in [0.1, 0.15) is 24.1 Å². The van der Waals surface area contributed by atoms with Gasteiger partial charge in [0.05, 0.1) is 18.8 Å². The van der Waals surface area contributed by atoms with Crippen LogP contribution in [-0.2, 0) is 19.0 Å². The number of aliphatic hydroxyl groups excluding tert-OH is 4. The lowest BCUT2D eigenvalue weighted by molar-refractivity contribution is -0.320. The van der Waals surface area contributed by atoms with Gasteiger partial charge in [0.15, 0.2) is 12.4 Å². The zero-order chi connectivity index (χ0) is 21.7. The number of phenols is 1. The summed E-state index contributed by atoms with van der Waals surface area (Å²) in [6.07, 6.45) is -2.59. The van der Waals surface area contributed by atoms with Crippen LogP contribution in [-0.4, -0.2) is 81.0 Å². The summed E-state index contributed by atoms with van der Waals surface area (Å²) in [6, 6.07) is 6.14. The van der Waals surface area contributed by atoms with E-state index in [2.05, 4.69) is 0 Å². The van der Waals surface area contributed by atoms with Crippen molar-refractivity contribution in [2.24, 2.45) is 0 Å². The average molecular weight is 424 g/mol. The molecule has 30 heavy (non-hydrogen) atoms. The highest BCUT2D eigenvalue weighted by molar-refractivity contribution is 5.87. The highest BCUT2D eigenvalue weighted by Crippen LogP contribution is 2.29. The highest BCUT2D eigenvalue weighted by atomic mass is 16.7. The van der Waals surface area contributed by atoms with E-state index in [4.69, 9.17) is 14.2 Å². The fraction of sp³-hybridized carbons (Fsp3) is 0.571. The number of esters is 1. The predicted molar refractivity (Wildman–Crippen MR) is 104 cm³/mol. The van der Waals surface area contributed by atoms with Crippen molar-refractivity contribution in [3.63, 3.8) is 0 Å². The summed E-state index contributed by atoms with van der Waals surface area (Å²) in [5.41, 5.74) is 0.642. The van der Waals surface area contributed by atoms with Crippen LogP contribution in [0.15, 0.2) is 30.3 Å². The zero-order valence-corrected chi connectivity index (χ0v) is 16.4. The molecule has 5 N–H and O–H groups in total. The second-order valence-corrected chi connectivity index (χ2v) is 7.56. The number of aliphatic hydroxyl groups is 4. The number of carbonyl (C=O) groups excluding carboxylic acids is 1. The van der Waals surface area contributed by atoms with Crippen molar-refractivity contribution in [1.82, 2.24) is 0 Å². The number of carbonyl (C=O) groups is 1. The third kappa shape index (κ3) is 5.57. The Morgan fingerprint density at radius 1 is 1.10 bits per heavy atom. The normalized spacial score (nSPS) is 34.7. The zero-order valence-electron chi connectivity index (χ0n) is 16.4. The molecule has 9 nitrogen and oxygen atoms in total. The standard InChI is InChI=1S/C21H28O9/c22-11-16-18(26)19(27)20(21(29-16)28-15-4-2-1-3-14(15)24)30-17(25)10-7-12-5-8-13(23)9-6-12/h5-10,14-16,18-24,26-27H,1-4,11H2/b10-7-/t14-,15+,16-,18-,19+,20-,21-/m1/s1. The molecule has 0 aromatic heterocycles. The van der Waals surface area contributed by atoms with Crippen molar-refractivity contribution in [3.8, 4) is 5.75 Å². The van der Waals surface area contributed by atoms with Gasteiger partial charge in [-0.15, -0.1) is 0 Å². The SMILES string of the molecule is O=C(/C=C\c1ccc(O)cc1)O[C@H]1[C@H](O[C@H]2CCCC[C@H]2O)O[C@H](CO)[C@@H](O)[C@@H]1O. The molecule has 1 aliphatic carbocycles. The summed E-state index contributed by atoms with van der Waals surface area (Å²) in [6.45, 7) is -0.563. The van der Waals surface area contributed by atoms with Gasteiger partial charge in [0.2, 0.25) is 0 Å². The first-order valence-electron chi connectivity index (χ1n) is 10.0. The van der Waals surface area contributed by atoms with Crippen LogP contribution >= 0.6 is 0 Å². The van der Waals surface area contributed by atoms with Crippen LogP contribution in [0, 0.1) is 0 Å². The van der Waals surface area contributed by atoms with E-state index in [1.807, 2.05) is 0 Å². The molecule has 0 bridgehead atoms. The fourth-order valence-corrected chi connectivity index (χ4v) is 3.62. The lowest BCUT2D eigenvalue weighted by Crippen LogP contribution is -2.61. The maximum atomic E-state index is 12.3. The Kier molecular flexibility index (Phi) is 7.81. The molecule has 1 saturated heterocycles. The van der Waals surface area contributed by atoms with E-state index in [-0.39, 0.29) is 5.75 Å². The first kappa shape index (κ1) is 22.7. The molecule has 1 aliphatic heterocycles. The van der Waals surface area contributed by atoms with Gasteiger partial charge >= 0.3 is 5.97 Å². The minimum absolute atomic E-state index is 0.0921. The summed E-state index contributed by atoms with van der Waals surface area (Å²) in [5.74, 6) is -0.710. The Morgan fingerprint density at radius 2 is 1.80 bits per heavy atom. The van der Waals surface area contributed by atoms with Gasteiger partial charge in [0.25, 0.3) is 0 Å². The molecule has 9 heteroatoms. The Hall–Kier alpha value is -2.01. The Balaban J connectivity index is 1.70. The van der Waals surface area contributed by atoms with E-state index in [9.17, 15) is 30.3 Å². The minimum Gasteiger partial charge on any atom is -0.508 e. The van der Waals surface area contributed by atoms with Crippen LogP contribution in [0.1, 0.15) is 31.2 Å².